The molecule has 1 aromatic carbocycles. The molecule has 118 valence electrons. The van der Waals surface area contributed by atoms with E-state index in [0.29, 0.717) is 0 Å². The Kier molecular flexibility index (Phi) is 4.92. The average Bonchev–Trinajstić information content (AvgIpc) is 2.38. The lowest BCUT2D eigenvalue weighted by Gasteiger charge is -2.40. The lowest BCUT2D eigenvalue weighted by molar-refractivity contribution is 0.267. The summed E-state index contributed by atoms with van der Waals surface area (Å²) in [5.74, 6) is -2.20. The summed E-state index contributed by atoms with van der Waals surface area (Å²) in [6.45, 7) is -0.683. The van der Waals surface area contributed by atoms with Crippen LogP contribution in [0.25, 0.3) is 0 Å². The summed E-state index contributed by atoms with van der Waals surface area (Å²) in [6, 6.07) is 1.72. The Labute approximate surface area is 127 Å². The molecule has 0 unspecified atom stereocenters. The van der Waals surface area contributed by atoms with Crippen LogP contribution in [0.5, 0.6) is 0 Å². The van der Waals surface area contributed by atoms with Gasteiger partial charge in [0.15, 0.2) is 5.82 Å². The van der Waals surface area contributed by atoms with Crippen LogP contribution in [0, 0.1) is 11.6 Å². The number of sulfonamides is 1. The van der Waals surface area contributed by atoms with E-state index in [1.54, 1.807) is 11.8 Å². The minimum atomic E-state index is -4.08. The van der Waals surface area contributed by atoms with Crippen LogP contribution in [0.15, 0.2) is 17.0 Å². The lowest BCUT2D eigenvalue weighted by Crippen LogP contribution is -2.45. The fourth-order valence-electron chi connectivity index (χ4n) is 2.26. The van der Waals surface area contributed by atoms with Gasteiger partial charge in [0, 0.05) is 11.3 Å². The minimum absolute atomic E-state index is 0.136. The van der Waals surface area contributed by atoms with Crippen molar-refractivity contribution in [1.29, 1.82) is 0 Å². The summed E-state index contributed by atoms with van der Waals surface area (Å²) >= 11 is 1.59. The van der Waals surface area contributed by atoms with E-state index in [1.807, 2.05) is 6.26 Å². The van der Waals surface area contributed by atoms with Crippen molar-refractivity contribution in [1.82, 2.24) is 4.72 Å². The van der Waals surface area contributed by atoms with Gasteiger partial charge in [0.05, 0.1) is 12.2 Å². The normalized spacial score (nSPS) is 17.5. The Balaban J connectivity index is 2.24. The summed E-state index contributed by atoms with van der Waals surface area (Å²) in [7, 11) is -4.08. The van der Waals surface area contributed by atoms with Gasteiger partial charge in [-0.1, -0.05) is 6.42 Å². The van der Waals surface area contributed by atoms with Crippen LogP contribution < -0.4 is 4.72 Å². The van der Waals surface area contributed by atoms with E-state index in [-0.39, 0.29) is 11.3 Å². The van der Waals surface area contributed by atoms with E-state index < -0.39 is 38.7 Å². The molecule has 1 aromatic rings. The number of halogens is 2. The molecule has 0 amide bonds. The second kappa shape index (κ2) is 6.20. The smallest absolute Gasteiger partial charge is 0.243 e. The van der Waals surface area contributed by atoms with Crippen LogP contribution in [-0.2, 0) is 16.6 Å². The molecule has 0 bridgehead atoms. The molecule has 4 nitrogen and oxygen atoms in total. The van der Waals surface area contributed by atoms with Gasteiger partial charge in [0.2, 0.25) is 10.0 Å². The summed E-state index contributed by atoms with van der Waals surface area (Å²) in [5, 5.41) is 8.94. The Bertz CT molecular complexity index is 625. The SMILES string of the molecule is CSC1(CNS(=O)(=O)c2ccc(F)c(CO)c2F)CCC1. The predicted molar refractivity (Wildman–Crippen MR) is 77.6 cm³/mol. The molecule has 1 aliphatic rings. The fraction of sp³-hybridized carbons (Fsp3) is 0.538. The van der Waals surface area contributed by atoms with Gasteiger partial charge in [0.25, 0.3) is 0 Å². The number of aliphatic hydroxyl groups excluding tert-OH is 1. The van der Waals surface area contributed by atoms with Gasteiger partial charge in [0.1, 0.15) is 10.7 Å². The van der Waals surface area contributed by atoms with Crippen molar-refractivity contribution in [2.24, 2.45) is 0 Å². The number of nitrogens with one attached hydrogen (secondary N) is 1. The van der Waals surface area contributed by atoms with Crippen molar-refractivity contribution in [3.05, 3.63) is 29.3 Å². The molecule has 0 spiro atoms. The number of hydrogen-bond donors (Lipinski definition) is 2. The highest BCUT2D eigenvalue weighted by molar-refractivity contribution is 8.00. The van der Waals surface area contributed by atoms with Gasteiger partial charge < -0.3 is 5.11 Å². The zero-order valence-corrected chi connectivity index (χ0v) is 13.2. The molecule has 2 rings (SSSR count). The summed E-state index contributed by atoms with van der Waals surface area (Å²) in [5.41, 5.74) is -0.638. The largest absolute Gasteiger partial charge is 0.391 e. The monoisotopic (exact) mass is 337 g/mol. The molecule has 21 heavy (non-hydrogen) atoms. The molecule has 1 aliphatic carbocycles. The van der Waals surface area contributed by atoms with Gasteiger partial charge in [-0.3, -0.25) is 0 Å². The highest BCUT2D eigenvalue weighted by Crippen LogP contribution is 2.42. The van der Waals surface area contributed by atoms with Crippen LogP contribution in [0.2, 0.25) is 0 Å². The Morgan fingerprint density at radius 2 is 2.05 bits per heavy atom. The summed E-state index contributed by atoms with van der Waals surface area (Å²) < 4.78 is 53.9. The maximum Gasteiger partial charge on any atom is 0.243 e. The van der Waals surface area contributed by atoms with Gasteiger partial charge in [-0.25, -0.2) is 21.9 Å². The van der Waals surface area contributed by atoms with Gasteiger partial charge in [-0.15, -0.1) is 0 Å². The molecule has 8 heteroatoms. The first-order valence-corrected chi connectivity index (χ1v) is 9.18. The minimum Gasteiger partial charge on any atom is -0.391 e. The number of hydrogen-bond acceptors (Lipinski definition) is 4. The molecule has 0 heterocycles. The molecule has 2 N–H and O–H groups in total. The third-order valence-electron chi connectivity index (χ3n) is 3.88. The van der Waals surface area contributed by atoms with E-state index in [2.05, 4.69) is 4.72 Å². The molecule has 0 radical (unpaired) electrons. The first kappa shape index (κ1) is 16.7. The topological polar surface area (TPSA) is 66.4 Å². The van der Waals surface area contributed by atoms with Crippen molar-refractivity contribution < 1.29 is 22.3 Å². The van der Waals surface area contributed by atoms with Crippen LogP contribution in [-0.4, -0.2) is 31.1 Å². The summed E-state index contributed by atoms with van der Waals surface area (Å²) in [6.07, 6.45) is 4.77. The van der Waals surface area contributed by atoms with Gasteiger partial charge in [-0.2, -0.15) is 11.8 Å². The van der Waals surface area contributed by atoms with E-state index in [9.17, 15) is 17.2 Å². The third kappa shape index (κ3) is 3.23. The van der Waals surface area contributed by atoms with Crippen LogP contribution >= 0.6 is 11.8 Å². The number of rotatable bonds is 6. The standard InChI is InChI=1S/C13H17F2NO3S2/c1-20-13(5-2-6-13)8-16-21(18,19)11-4-3-10(14)9(7-17)12(11)15/h3-4,16-17H,2,5-8H2,1H3. The molecule has 0 aromatic heterocycles. The van der Waals surface area contributed by atoms with E-state index in [4.69, 9.17) is 5.11 Å². The average molecular weight is 337 g/mol. The lowest BCUT2D eigenvalue weighted by atomic mass is 9.84. The molecule has 1 saturated carbocycles. The summed E-state index contributed by atoms with van der Waals surface area (Å²) in [4.78, 5) is -0.636. The van der Waals surface area contributed by atoms with Crippen LogP contribution in [0.1, 0.15) is 24.8 Å². The Morgan fingerprint density at radius 1 is 1.38 bits per heavy atom. The zero-order chi connectivity index (χ0) is 15.7. The van der Waals surface area contributed by atoms with E-state index in [1.165, 1.54) is 0 Å². The molecule has 0 aliphatic heterocycles. The van der Waals surface area contributed by atoms with Crippen LogP contribution in [0.3, 0.4) is 0 Å². The van der Waals surface area contributed by atoms with Gasteiger partial charge >= 0.3 is 0 Å². The van der Waals surface area contributed by atoms with E-state index in [0.717, 1.165) is 31.4 Å². The zero-order valence-electron chi connectivity index (χ0n) is 11.5. The Hall–Kier alpha value is -0.700. The molecule has 0 atom stereocenters. The first-order valence-electron chi connectivity index (χ1n) is 6.48. The fourth-order valence-corrected chi connectivity index (χ4v) is 4.49. The second-order valence-electron chi connectivity index (χ2n) is 5.06. The number of benzene rings is 1. The quantitative estimate of drug-likeness (QED) is 0.833. The van der Waals surface area contributed by atoms with Crippen molar-refractivity contribution in [2.75, 3.05) is 12.8 Å². The van der Waals surface area contributed by atoms with Crippen molar-refractivity contribution >= 4 is 21.8 Å². The van der Waals surface area contributed by atoms with Crippen molar-refractivity contribution in [3.8, 4) is 0 Å². The second-order valence-corrected chi connectivity index (χ2v) is 8.07. The number of thioether (sulfide) groups is 1. The molecule has 1 fully saturated rings. The highest BCUT2D eigenvalue weighted by atomic mass is 32.2. The van der Waals surface area contributed by atoms with Crippen molar-refractivity contribution in [2.45, 2.75) is 35.5 Å². The molecular formula is C13H17F2NO3S2. The third-order valence-corrected chi connectivity index (χ3v) is 6.72. The molecular weight excluding hydrogens is 320 g/mol. The van der Waals surface area contributed by atoms with Gasteiger partial charge in [-0.05, 0) is 31.2 Å². The van der Waals surface area contributed by atoms with Crippen LogP contribution in [0.4, 0.5) is 8.78 Å². The Morgan fingerprint density at radius 3 is 2.52 bits per heavy atom. The maximum absolute atomic E-state index is 14.0. The van der Waals surface area contributed by atoms with E-state index >= 15 is 0 Å². The maximum atomic E-state index is 14.0. The predicted octanol–water partition coefficient (Wildman–Crippen LogP) is 2.02. The van der Waals surface area contributed by atoms with Crippen molar-refractivity contribution in [3.63, 3.8) is 0 Å². The molecule has 0 saturated heterocycles. The number of aliphatic hydroxyl groups is 1. The highest BCUT2D eigenvalue weighted by Gasteiger charge is 2.37. The first-order chi connectivity index (χ1) is 9.85.